The van der Waals surface area contributed by atoms with Crippen LogP contribution in [0.3, 0.4) is 0 Å². The molecule has 20 heavy (non-hydrogen) atoms. The number of likely N-dealkylation sites (N-methyl/N-ethyl adjacent to an activating group) is 1. The van der Waals surface area contributed by atoms with Gasteiger partial charge in [0.15, 0.2) is 0 Å². The Balaban J connectivity index is 0.00000200. The number of hydrogen-bond acceptors (Lipinski definition) is 2. The molecule has 1 aliphatic heterocycles. The summed E-state index contributed by atoms with van der Waals surface area (Å²) in [6.07, 6.45) is 1.87. The number of benzene rings is 1. The van der Waals surface area contributed by atoms with Gasteiger partial charge in [-0.05, 0) is 29.9 Å². The van der Waals surface area contributed by atoms with Crippen molar-refractivity contribution in [2.45, 2.75) is 39.3 Å². The molecule has 1 aromatic rings. The van der Waals surface area contributed by atoms with Crippen molar-refractivity contribution in [3.8, 4) is 0 Å². The van der Waals surface area contributed by atoms with Crippen LogP contribution in [0.5, 0.6) is 0 Å². The van der Waals surface area contributed by atoms with Crippen LogP contribution in [-0.4, -0.2) is 30.4 Å². The largest absolute Gasteiger partial charge is 0.344 e. The van der Waals surface area contributed by atoms with Gasteiger partial charge in [-0.2, -0.15) is 0 Å². The molecule has 0 fully saturated rings. The van der Waals surface area contributed by atoms with Crippen LogP contribution >= 0.6 is 12.4 Å². The number of rotatable bonds is 4. The lowest BCUT2D eigenvalue weighted by molar-refractivity contribution is -0.132. The Labute approximate surface area is 128 Å². The minimum atomic E-state index is -0.0629. The number of nitrogens with zero attached hydrogens (tertiary/aromatic N) is 1. The average molecular weight is 297 g/mol. The van der Waals surface area contributed by atoms with E-state index in [4.69, 9.17) is 0 Å². The van der Waals surface area contributed by atoms with Crippen molar-refractivity contribution in [1.29, 1.82) is 0 Å². The van der Waals surface area contributed by atoms with Crippen molar-refractivity contribution >= 4 is 18.3 Å². The Kier molecular flexibility index (Phi) is 6.50. The third-order valence-corrected chi connectivity index (χ3v) is 3.80. The van der Waals surface area contributed by atoms with E-state index in [9.17, 15) is 4.79 Å². The predicted octanol–water partition coefficient (Wildman–Crippen LogP) is 2.63. The highest BCUT2D eigenvalue weighted by Crippen LogP contribution is 2.17. The summed E-state index contributed by atoms with van der Waals surface area (Å²) in [5.74, 6) is 0.852. The van der Waals surface area contributed by atoms with Gasteiger partial charge in [-0.25, -0.2) is 0 Å². The fraction of sp³-hybridized carbons (Fsp3) is 0.562. The highest BCUT2D eigenvalue weighted by molar-refractivity contribution is 5.85. The first kappa shape index (κ1) is 17.0. The Morgan fingerprint density at radius 2 is 2.00 bits per heavy atom. The Morgan fingerprint density at radius 1 is 1.35 bits per heavy atom. The maximum atomic E-state index is 12.4. The van der Waals surface area contributed by atoms with Crippen LogP contribution in [-0.2, 0) is 17.8 Å². The number of carbonyl (C=O) groups is 1. The highest BCUT2D eigenvalue weighted by Gasteiger charge is 2.26. The molecule has 1 aliphatic rings. The molecule has 3 nitrogen and oxygen atoms in total. The Hall–Kier alpha value is -1.06. The van der Waals surface area contributed by atoms with Gasteiger partial charge >= 0.3 is 0 Å². The van der Waals surface area contributed by atoms with Crippen molar-refractivity contribution in [2.75, 3.05) is 13.6 Å². The van der Waals surface area contributed by atoms with Crippen molar-refractivity contribution < 1.29 is 4.79 Å². The molecule has 0 radical (unpaired) electrons. The lowest BCUT2D eigenvalue weighted by Gasteiger charge is -2.29. The molecule has 1 amide bonds. The second-order valence-electron chi connectivity index (χ2n) is 5.85. The van der Waals surface area contributed by atoms with E-state index < -0.39 is 0 Å². The molecule has 0 saturated carbocycles. The maximum absolute atomic E-state index is 12.4. The zero-order chi connectivity index (χ0) is 13.8. The fourth-order valence-electron chi connectivity index (χ4n) is 2.46. The molecule has 0 bridgehead atoms. The van der Waals surface area contributed by atoms with E-state index in [1.165, 1.54) is 11.1 Å². The van der Waals surface area contributed by atoms with E-state index in [0.29, 0.717) is 5.92 Å². The summed E-state index contributed by atoms with van der Waals surface area (Å²) < 4.78 is 0. The van der Waals surface area contributed by atoms with Gasteiger partial charge in [0.25, 0.3) is 0 Å². The molecule has 1 aromatic carbocycles. The summed E-state index contributed by atoms with van der Waals surface area (Å²) in [7, 11) is 1.91. The van der Waals surface area contributed by atoms with Gasteiger partial charge in [0.2, 0.25) is 5.91 Å². The molecule has 1 heterocycles. The van der Waals surface area contributed by atoms with E-state index in [1.807, 2.05) is 18.0 Å². The molecular formula is C16H25ClN2O. The Bertz CT molecular complexity index is 448. The third kappa shape index (κ3) is 4.22. The van der Waals surface area contributed by atoms with Gasteiger partial charge in [-0.3, -0.25) is 4.79 Å². The molecule has 0 aliphatic carbocycles. The van der Waals surface area contributed by atoms with Gasteiger partial charge in [0.1, 0.15) is 0 Å². The average Bonchev–Trinajstić information content (AvgIpc) is 2.43. The second kappa shape index (κ2) is 7.65. The first-order valence-electron chi connectivity index (χ1n) is 7.13. The van der Waals surface area contributed by atoms with Gasteiger partial charge in [0.05, 0.1) is 6.04 Å². The van der Waals surface area contributed by atoms with Gasteiger partial charge in [-0.1, -0.05) is 38.1 Å². The summed E-state index contributed by atoms with van der Waals surface area (Å²) >= 11 is 0. The van der Waals surface area contributed by atoms with Crippen LogP contribution in [0.4, 0.5) is 0 Å². The maximum Gasteiger partial charge on any atom is 0.239 e. The molecule has 1 unspecified atom stereocenters. The lowest BCUT2D eigenvalue weighted by Crippen LogP contribution is -2.48. The molecule has 0 spiro atoms. The minimum absolute atomic E-state index is 0. The molecule has 0 saturated heterocycles. The number of amides is 1. The quantitative estimate of drug-likeness (QED) is 0.926. The normalized spacial score (nSPS) is 17.3. The van der Waals surface area contributed by atoms with Crippen molar-refractivity contribution in [2.24, 2.45) is 5.92 Å². The Morgan fingerprint density at radius 3 is 2.65 bits per heavy atom. The summed E-state index contributed by atoms with van der Waals surface area (Å²) in [6.45, 7) is 6.02. The van der Waals surface area contributed by atoms with Crippen LogP contribution < -0.4 is 5.32 Å². The molecule has 0 aromatic heterocycles. The van der Waals surface area contributed by atoms with Crippen LogP contribution in [0.15, 0.2) is 24.3 Å². The zero-order valence-electron chi connectivity index (χ0n) is 12.6. The van der Waals surface area contributed by atoms with Crippen LogP contribution in [0.2, 0.25) is 0 Å². The van der Waals surface area contributed by atoms with Crippen LogP contribution in [0, 0.1) is 5.92 Å². The minimum Gasteiger partial charge on any atom is -0.344 e. The van der Waals surface area contributed by atoms with E-state index in [1.54, 1.807) is 0 Å². The molecule has 1 N–H and O–H groups in total. The van der Waals surface area contributed by atoms with E-state index >= 15 is 0 Å². The second-order valence-corrected chi connectivity index (χ2v) is 5.85. The van der Waals surface area contributed by atoms with Crippen molar-refractivity contribution in [3.63, 3.8) is 0 Å². The van der Waals surface area contributed by atoms with Gasteiger partial charge < -0.3 is 10.2 Å². The zero-order valence-corrected chi connectivity index (χ0v) is 13.4. The molecule has 112 valence electrons. The topological polar surface area (TPSA) is 32.3 Å². The standard InChI is InChI=1S/C16H24N2O.ClH/c1-12(2)8-9-18(3)16(19)15-10-13-6-4-5-7-14(13)11-17-15;/h4-7,12,15,17H,8-11H2,1-3H3;1H. The van der Waals surface area contributed by atoms with Gasteiger partial charge in [-0.15, -0.1) is 12.4 Å². The van der Waals surface area contributed by atoms with E-state index in [0.717, 1.165) is 25.9 Å². The third-order valence-electron chi connectivity index (χ3n) is 3.80. The van der Waals surface area contributed by atoms with Crippen molar-refractivity contribution in [3.05, 3.63) is 35.4 Å². The number of nitrogens with one attached hydrogen (secondary N) is 1. The SMILES string of the molecule is CC(C)CCN(C)C(=O)C1Cc2ccccc2CN1.Cl. The number of carbonyl (C=O) groups excluding carboxylic acids is 1. The summed E-state index contributed by atoms with van der Waals surface area (Å²) in [5.41, 5.74) is 2.62. The number of fused-ring (bicyclic) bond motifs is 1. The van der Waals surface area contributed by atoms with Crippen LogP contribution in [0.1, 0.15) is 31.4 Å². The number of halogens is 1. The summed E-state index contributed by atoms with van der Waals surface area (Å²) in [6, 6.07) is 8.30. The van der Waals surface area contributed by atoms with Gasteiger partial charge in [0, 0.05) is 20.1 Å². The fourth-order valence-corrected chi connectivity index (χ4v) is 2.46. The monoisotopic (exact) mass is 296 g/mol. The first-order chi connectivity index (χ1) is 9.08. The summed E-state index contributed by atoms with van der Waals surface area (Å²) in [5, 5.41) is 3.35. The lowest BCUT2D eigenvalue weighted by atomic mass is 9.95. The highest BCUT2D eigenvalue weighted by atomic mass is 35.5. The smallest absolute Gasteiger partial charge is 0.239 e. The van der Waals surface area contributed by atoms with Crippen LogP contribution in [0.25, 0.3) is 0 Å². The molecule has 2 rings (SSSR count). The number of hydrogen-bond donors (Lipinski definition) is 1. The van der Waals surface area contributed by atoms with Crippen molar-refractivity contribution in [1.82, 2.24) is 10.2 Å². The summed E-state index contributed by atoms with van der Waals surface area (Å²) in [4.78, 5) is 14.3. The predicted molar refractivity (Wildman–Crippen MR) is 85.1 cm³/mol. The molecular weight excluding hydrogens is 272 g/mol. The first-order valence-corrected chi connectivity index (χ1v) is 7.13. The van der Waals surface area contributed by atoms with E-state index in [-0.39, 0.29) is 24.4 Å². The molecule has 1 atom stereocenters. The van der Waals surface area contributed by atoms with E-state index in [2.05, 4.69) is 37.4 Å². The molecule has 4 heteroatoms.